The Morgan fingerprint density at radius 1 is 1.15 bits per heavy atom. The van der Waals surface area contributed by atoms with Gasteiger partial charge in [-0.1, -0.05) is 24.3 Å². The van der Waals surface area contributed by atoms with E-state index in [0.717, 1.165) is 25.5 Å². The second-order valence-electron chi connectivity index (χ2n) is 6.53. The van der Waals surface area contributed by atoms with E-state index in [4.69, 9.17) is 4.74 Å². The van der Waals surface area contributed by atoms with Gasteiger partial charge < -0.3 is 9.64 Å². The number of piperidine rings is 1. The fourth-order valence-corrected chi connectivity index (χ4v) is 3.68. The first-order valence-corrected chi connectivity index (χ1v) is 10.8. The number of nitrogens with one attached hydrogen (secondary N) is 1. The minimum Gasteiger partial charge on any atom is -0.444 e. The van der Waals surface area contributed by atoms with E-state index in [9.17, 15) is 13.2 Å². The van der Waals surface area contributed by atoms with E-state index < -0.39 is 10.0 Å². The molecule has 144 valence electrons. The molecule has 3 rings (SSSR count). The number of anilines is 1. The number of nitrogens with zero attached hydrogens (tertiary/aromatic N) is 2. The summed E-state index contributed by atoms with van der Waals surface area (Å²) in [5.41, 5.74) is 2.22. The van der Waals surface area contributed by atoms with Crippen molar-refractivity contribution in [2.75, 3.05) is 24.1 Å². The summed E-state index contributed by atoms with van der Waals surface area (Å²) >= 11 is 0. The Morgan fingerprint density at radius 2 is 1.93 bits per heavy atom. The number of likely N-dealkylation sites (tertiary alicyclic amines) is 1. The minimum absolute atomic E-state index is 0.0200. The number of rotatable bonds is 5. The molecular weight excluding hydrogens is 366 g/mol. The van der Waals surface area contributed by atoms with Crippen molar-refractivity contribution in [3.05, 3.63) is 48.2 Å². The molecule has 0 unspecified atom stereocenters. The number of carbonyl (C=O) groups is 1. The molecule has 7 nitrogen and oxygen atoms in total. The fourth-order valence-electron chi connectivity index (χ4n) is 3.07. The SMILES string of the molecule is CS(=O)(=O)Nc1c(COC(=O)N2CCCCC2)cccc1-c1ccccn1. The van der Waals surface area contributed by atoms with E-state index in [1.165, 1.54) is 0 Å². The number of amides is 1. The number of pyridine rings is 1. The van der Waals surface area contributed by atoms with E-state index >= 15 is 0 Å². The number of carbonyl (C=O) groups excluding carboxylic acids is 1. The van der Waals surface area contributed by atoms with E-state index in [1.54, 1.807) is 41.4 Å². The first-order valence-electron chi connectivity index (χ1n) is 8.87. The molecule has 1 aliphatic heterocycles. The number of hydrogen-bond donors (Lipinski definition) is 1. The Kier molecular flexibility index (Phi) is 5.95. The summed E-state index contributed by atoms with van der Waals surface area (Å²) < 4.78 is 31.7. The standard InChI is InChI=1S/C19H23N3O4S/c1-27(24,25)21-18-15(14-26-19(23)22-12-5-2-6-13-22)8-7-9-16(18)17-10-3-4-11-20-17/h3-4,7-11,21H,2,5-6,12-14H2,1H3. The third-order valence-electron chi connectivity index (χ3n) is 4.34. The highest BCUT2D eigenvalue weighted by Crippen LogP contribution is 2.31. The summed E-state index contributed by atoms with van der Waals surface area (Å²) in [4.78, 5) is 18.3. The van der Waals surface area contributed by atoms with Crippen LogP contribution in [0.1, 0.15) is 24.8 Å². The van der Waals surface area contributed by atoms with Crippen molar-refractivity contribution < 1.29 is 17.9 Å². The van der Waals surface area contributed by atoms with Gasteiger partial charge in [-0.15, -0.1) is 0 Å². The molecule has 27 heavy (non-hydrogen) atoms. The van der Waals surface area contributed by atoms with Gasteiger partial charge in [0.15, 0.2) is 0 Å². The molecule has 1 aromatic heterocycles. The maximum atomic E-state index is 12.3. The van der Waals surface area contributed by atoms with E-state index in [-0.39, 0.29) is 12.7 Å². The van der Waals surface area contributed by atoms with Crippen molar-refractivity contribution in [2.45, 2.75) is 25.9 Å². The number of aromatic nitrogens is 1. The number of sulfonamides is 1. The summed E-state index contributed by atoms with van der Waals surface area (Å²) in [6.07, 6.45) is 5.44. The summed E-state index contributed by atoms with van der Waals surface area (Å²) in [5.74, 6) is 0. The van der Waals surface area contributed by atoms with Crippen LogP contribution in [0.5, 0.6) is 0 Å². The molecule has 0 atom stereocenters. The maximum Gasteiger partial charge on any atom is 0.410 e. The third-order valence-corrected chi connectivity index (χ3v) is 4.92. The normalized spacial score (nSPS) is 14.6. The van der Waals surface area contributed by atoms with Gasteiger partial charge in [-0.05, 0) is 31.4 Å². The lowest BCUT2D eigenvalue weighted by atomic mass is 10.0. The molecule has 1 fully saturated rings. The van der Waals surface area contributed by atoms with Crippen LogP contribution in [0.15, 0.2) is 42.6 Å². The van der Waals surface area contributed by atoms with Crippen LogP contribution in [-0.4, -0.2) is 43.7 Å². The van der Waals surface area contributed by atoms with Crippen molar-refractivity contribution in [1.82, 2.24) is 9.88 Å². The Balaban J connectivity index is 1.86. The Hall–Kier alpha value is -2.61. The van der Waals surface area contributed by atoms with Crippen molar-refractivity contribution in [1.29, 1.82) is 0 Å². The van der Waals surface area contributed by atoms with Crippen LogP contribution in [0.3, 0.4) is 0 Å². The van der Waals surface area contributed by atoms with Crippen LogP contribution in [-0.2, 0) is 21.4 Å². The van der Waals surface area contributed by atoms with Gasteiger partial charge in [0.2, 0.25) is 10.0 Å². The van der Waals surface area contributed by atoms with Gasteiger partial charge in [0.1, 0.15) is 6.61 Å². The Bertz CT molecular complexity index is 894. The molecule has 0 spiro atoms. The average molecular weight is 389 g/mol. The van der Waals surface area contributed by atoms with Crippen LogP contribution in [0.4, 0.5) is 10.5 Å². The summed E-state index contributed by atoms with van der Waals surface area (Å²) in [6, 6.07) is 10.7. The van der Waals surface area contributed by atoms with Gasteiger partial charge in [-0.2, -0.15) is 0 Å². The maximum absolute atomic E-state index is 12.3. The number of benzene rings is 1. The molecule has 0 bridgehead atoms. The highest BCUT2D eigenvalue weighted by atomic mass is 32.2. The van der Waals surface area contributed by atoms with E-state index in [1.807, 2.05) is 6.07 Å². The van der Waals surface area contributed by atoms with Crippen LogP contribution in [0, 0.1) is 0 Å². The predicted octanol–water partition coefficient (Wildman–Crippen LogP) is 3.24. The second kappa shape index (κ2) is 8.39. The quantitative estimate of drug-likeness (QED) is 0.848. The molecular formula is C19H23N3O4S. The smallest absolute Gasteiger partial charge is 0.410 e. The Labute approximate surface area is 159 Å². The number of para-hydroxylation sites is 1. The second-order valence-corrected chi connectivity index (χ2v) is 8.28. The molecule has 2 aromatic rings. The van der Waals surface area contributed by atoms with E-state index in [2.05, 4.69) is 9.71 Å². The topological polar surface area (TPSA) is 88.6 Å². The van der Waals surface area contributed by atoms with Crippen molar-refractivity contribution in [2.24, 2.45) is 0 Å². The van der Waals surface area contributed by atoms with Gasteiger partial charge in [0.05, 0.1) is 17.6 Å². The third kappa shape index (κ3) is 5.19. The highest BCUT2D eigenvalue weighted by Gasteiger charge is 2.20. The van der Waals surface area contributed by atoms with Crippen LogP contribution in [0.25, 0.3) is 11.3 Å². The number of ether oxygens (including phenoxy) is 1. The zero-order valence-electron chi connectivity index (χ0n) is 15.2. The lowest BCUT2D eigenvalue weighted by molar-refractivity contribution is 0.0896. The van der Waals surface area contributed by atoms with E-state index in [0.29, 0.717) is 35.6 Å². The first kappa shape index (κ1) is 19.2. The van der Waals surface area contributed by atoms with Crippen LogP contribution < -0.4 is 4.72 Å². The first-order chi connectivity index (χ1) is 12.9. The molecule has 1 N–H and O–H groups in total. The molecule has 1 amide bonds. The van der Waals surface area contributed by atoms with Gasteiger partial charge in [-0.25, -0.2) is 13.2 Å². The predicted molar refractivity (Wildman–Crippen MR) is 104 cm³/mol. The summed E-state index contributed by atoms with van der Waals surface area (Å²) in [7, 11) is -3.52. The zero-order valence-corrected chi connectivity index (χ0v) is 16.0. The van der Waals surface area contributed by atoms with Crippen molar-refractivity contribution in [3.63, 3.8) is 0 Å². The molecule has 0 aliphatic carbocycles. The zero-order chi connectivity index (χ0) is 19.3. The van der Waals surface area contributed by atoms with Crippen molar-refractivity contribution >= 4 is 21.8 Å². The lowest BCUT2D eigenvalue weighted by Crippen LogP contribution is -2.36. The molecule has 1 aromatic carbocycles. The van der Waals surface area contributed by atoms with Crippen LogP contribution in [0.2, 0.25) is 0 Å². The minimum atomic E-state index is -3.52. The Morgan fingerprint density at radius 3 is 2.59 bits per heavy atom. The lowest BCUT2D eigenvalue weighted by Gasteiger charge is -2.26. The van der Waals surface area contributed by atoms with Gasteiger partial charge in [0.25, 0.3) is 0 Å². The van der Waals surface area contributed by atoms with Gasteiger partial charge in [-0.3, -0.25) is 9.71 Å². The van der Waals surface area contributed by atoms with Gasteiger partial charge in [0, 0.05) is 30.4 Å². The molecule has 0 radical (unpaired) electrons. The molecule has 1 aliphatic rings. The highest BCUT2D eigenvalue weighted by molar-refractivity contribution is 7.92. The summed E-state index contributed by atoms with van der Waals surface area (Å²) in [5, 5.41) is 0. The molecule has 0 saturated carbocycles. The van der Waals surface area contributed by atoms with Crippen LogP contribution >= 0.6 is 0 Å². The van der Waals surface area contributed by atoms with Crippen molar-refractivity contribution in [3.8, 4) is 11.3 Å². The monoisotopic (exact) mass is 389 g/mol. The summed E-state index contributed by atoms with van der Waals surface area (Å²) in [6.45, 7) is 1.37. The molecule has 2 heterocycles. The van der Waals surface area contributed by atoms with Gasteiger partial charge >= 0.3 is 6.09 Å². The largest absolute Gasteiger partial charge is 0.444 e. The average Bonchev–Trinajstić information content (AvgIpc) is 2.67. The fraction of sp³-hybridized carbons (Fsp3) is 0.368. The number of hydrogen-bond acceptors (Lipinski definition) is 5. The molecule has 1 saturated heterocycles. The molecule has 8 heteroatoms.